The van der Waals surface area contributed by atoms with Crippen LogP contribution in [0.1, 0.15) is 18.1 Å². The van der Waals surface area contributed by atoms with E-state index in [1.54, 1.807) is 49.4 Å². The zero-order chi connectivity index (χ0) is 21.5. The van der Waals surface area contributed by atoms with Crippen molar-refractivity contribution in [2.45, 2.75) is 13.8 Å². The summed E-state index contributed by atoms with van der Waals surface area (Å²) in [7, 11) is 2.95. The number of methoxy groups -OCH3 is 2. The van der Waals surface area contributed by atoms with E-state index in [0.717, 1.165) is 5.56 Å². The number of hydrogen-bond donors (Lipinski definition) is 2. The fourth-order valence-electron chi connectivity index (χ4n) is 1.90. The van der Waals surface area contributed by atoms with Gasteiger partial charge in [-0.25, -0.2) is 0 Å². The zero-order valence-corrected chi connectivity index (χ0v) is 16.5. The SMILES string of the molecule is C=O.COc1cc(/C=C/C=C(/C)C#N)cc(OC)c1O.Cc1ccc(O)cc1. The molecule has 2 aromatic rings. The van der Waals surface area contributed by atoms with Crippen molar-refractivity contribution in [2.24, 2.45) is 0 Å². The number of nitriles is 1. The van der Waals surface area contributed by atoms with Crippen LogP contribution < -0.4 is 9.47 Å². The van der Waals surface area contributed by atoms with Gasteiger partial charge >= 0.3 is 0 Å². The van der Waals surface area contributed by atoms with Crippen LogP contribution in [0.4, 0.5) is 0 Å². The molecule has 0 saturated carbocycles. The Balaban J connectivity index is 0.000000604. The van der Waals surface area contributed by atoms with Crippen molar-refractivity contribution in [3.05, 3.63) is 65.3 Å². The molecule has 2 aromatic carbocycles. The monoisotopic (exact) mass is 383 g/mol. The van der Waals surface area contributed by atoms with Gasteiger partial charge < -0.3 is 24.5 Å². The van der Waals surface area contributed by atoms with E-state index in [9.17, 15) is 5.11 Å². The number of aromatic hydroxyl groups is 2. The molecule has 148 valence electrons. The smallest absolute Gasteiger partial charge is 0.200 e. The number of ether oxygens (including phenoxy) is 2. The molecule has 0 amide bonds. The van der Waals surface area contributed by atoms with Gasteiger partial charge in [-0.3, -0.25) is 0 Å². The Bertz CT molecular complexity index is 787. The average molecular weight is 383 g/mol. The van der Waals surface area contributed by atoms with Gasteiger partial charge in [0, 0.05) is 5.57 Å². The van der Waals surface area contributed by atoms with Crippen LogP contribution in [0.5, 0.6) is 23.0 Å². The van der Waals surface area contributed by atoms with E-state index in [1.807, 2.05) is 31.9 Å². The maximum atomic E-state index is 9.74. The fraction of sp³-hybridized carbons (Fsp3) is 0.182. The number of carbonyl (C=O) groups is 1. The quantitative estimate of drug-likeness (QED) is 0.599. The Morgan fingerprint density at radius 2 is 1.57 bits per heavy atom. The van der Waals surface area contributed by atoms with Gasteiger partial charge in [-0.05, 0) is 49.8 Å². The molecule has 0 aromatic heterocycles. The van der Waals surface area contributed by atoms with Gasteiger partial charge in [0.2, 0.25) is 5.75 Å². The molecule has 2 N–H and O–H groups in total. The summed E-state index contributed by atoms with van der Waals surface area (Å²) in [6, 6.07) is 12.5. The van der Waals surface area contributed by atoms with Crippen LogP contribution in [0.2, 0.25) is 0 Å². The molecule has 0 radical (unpaired) electrons. The zero-order valence-electron chi connectivity index (χ0n) is 16.5. The lowest BCUT2D eigenvalue weighted by atomic mass is 10.1. The Labute approximate surface area is 165 Å². The first-order chi connectivity index (χ1) is 13.4. The molecule has 0 bridgehead atoms. The van der Waals surface area contributed by atoms with E-state index in [1.165, 1.54) is 19.8 Å². The number of aryl methyl sites for hydroxylation is 1. The van der Waals surface area contributed by atoms with Crippen LogP contribution in [0.25, 0.3) is 6.08 Å². The summed E-state index contributed by atoms with van der Waals surface area (Å²) in [5.41, 5.74) is 2.59. The number of benzene rings is 2. The first-order valence-corrected chi connectivity index (χ1v) is 8.15. The molecule has 0 saturated heterocycles. The lowest BCUT2D eigenvalue weighted by Gasteiger charge is -2.09. The normalized spacial score (nSPS) is 10.0. The minimum Gasteiger partial charge on any atom is -0.508 e. The molecule has 6 nitrogen and oxygen atoms in total. The molecule has 0 aliphatic rings. The second kappa shape index (κ2) is 13.5. The third-order valence-corrected chi connectivity index (χ3v) is 3.35. The van der Waals surface area contributed by atoms with E-state index in [2.05, 4.69) is 0 Å². The summed E-state index contributed by atoms with van der Waals surface area (Å²) in [5.74, 6) is 0.987. The van der Waals surface area contributed by atoms with Crippen molar-refractivity contribution in [2.75, 3.05) is 14.2 Å². The van der Waals surface area contributed by atoms with Crippen LogP contribution in [-0.2, 0) is 4.79 Å². The van der Waals surface area contributed by atoms with Gasteiger partial charge in [0.05, 0.1) is 20.3 Å². The van der Waals surface area contributed by atoms with E-state index >= 15 is 0 Å². The van der Waals surface area contributed by atoms with Gasteiger partial charge in [0.1, 0.15) is 12.5 Å². The molecule has 0 aliphatic carbocycles. The number of rotatable bonds is 4. The van der Waals surface area contributed by atoms with Gasteiger partial charge in [0.15, 0.2) is 11.5 Å². The predicted molar refractivity (Wildman–Crippen MR) is 110 cm³/mol. The first-order valence-electron chi connectivity index (χ1n) is 8.15. The van der Waals surface area contributed by atoms with Crippen molar-refractivity contribution >= 4 is 12.9 Å². The Kier molecular flexibility index (Phi) is 11.7. The number of carbonyl (C=O) groups excluding carboxylic acids is 1. The second-order valence-electron chi connectivity index (χ2n) is 5.43. The topological polar surface area (TPSA) is 99.8 Å². The van der Waals surface area contributed by atoms with Crippen molar-refractivity contribution in [3.8, 4) is 29.1 Å². The van der Waals surface area contributed by atoms with E-state index in [4.69, 9.17) is 24.6 Å². The third-order valence-electron chi connectivity index (χ3n) is 3.35. The van der Waals surface area contributed by atoms with Gasteiger partial charge in [-0.2, -0.15) is 5.26 Å². The molecular formula is C22H25NO5. The van der Waals surface area contributed by atoms with Crippen LogP contribution in [0, 0.1) is 18.3 Å². The lowest BCUT2D eigenvalue weighted by Crippen LogP contribution is -1.90. The van der Waals surface area contributed by atoms with Crippen molar-refractivity contribution in [1.82, 2.24) is 0 Å². The summed E-state index contributed by atoms with van der Waals surface area (Å²) in [6.45, 7) is 5.71. The molecule has 6 heteroatoms. The van der Waals surface area contributed by atoms with E-state index in [0.29, 0.717) is 22.8 Å². The van der Waals surface area contributed by atoms with Gasteiger partial charge in [-0.15, -0.1) is 0 Å². The molecule has 0 atom stereocenters. The minimum absolute atomic E-state index is 0.0269. The van der Waals surface area contributed by atoms with Crippen molar-refractivity contribution in [1.29, 1.82) is 5.26 Å². The molecule has 28 heavy (non-hydrogen) atoms. The van der Waals surface area contributed by atoms with Gasteiger partial charge in [0.25, 0.3) is 0 Å². The maximum Gasteiger partial charge on any atom is 0.200 e. The van der Waals surface area contributed by atoms with Crippen LogP contribution in [0.3, 0.4) is 0 Å². The lowest BCUT2D eigenvalue weighted by molar-refractivity contribution is -0.0979. The number of phenols is 2. The summed E-state index contributed by atoms with van der Waals surface area (Å²) in [6.07, 6.45) is 5.25. The number of nitrogens with zero attached hydrogens (tertiary/aromatic N) is 1. The third kappa shape index (κ3) is 8.59. The summed E-state index contributed by atoms with van der Waals surface area (Å²) < 4.78 is 10.1. The highest BCUT2D eigenvalue weighted by atomic mass is 16.5. The molecule has 0 unspecified atom stereocenters. The summed E-state index contributed by atoms with van der Waals surface area (Å²) >= 11 is 0. The van der Waals surface area contributed by atoms with Gasteiger partial charge in [-0.1, -0.05) is 29.8 Å². The van der Waals surface area contributed by atoms with Crippen molar-refractivity contribution in [3.63, 3.8) is 0 Å². The van der Waals surface area contributed by atoms with Crippen molar-refractivity contribution < 1.29 is 24.5 Å². The molecular weight excluding hydrogens is 358 g/mol. The predicted octanol–water partition coefficient (Wildman–Crippen LogP) is 4.41. The molecule has 0 spiro atoms. The maximum absolute atomic E-state index is 9.74. The highest BCUT2D eigenvalue weighted by Gasteiger charge is 2.09. The Hall–Kier alpha value is -3.72. The molecule has 0 heterocycles. The molecule has 0 aliphatic heterocycles. The standard InChI is InChI=1S/C14H15NO3.C7H8O.CH2O/c1-10(9-15)5-4-6-11-7-12(17-2)14(16)13(8-11)18-3;1-6-2-4-7(8)5-3-6;1-2/h4-8,16H,1-3H3;2-5,8H,1H3;1H2/b6-4+,10-5-;;. The summed E-state index contributed by atoms with van der Waals surface area (Å²) in [4.78, 5) is 8.00. The largest absolute Gasteiger partial charge is 0.508 e. The number of hydrogen-bond acceptors (Lipinski definition) is 6. The van der Waals surface area contributed by atoms with Crippen LogP contribution >= 0.6 is 0 Å². The fourth-order valence-corrected chi connectivity index (χ4v) is 1.90. The van der Waals surface area contributed by atoms with E-state index < -0.39 is 0 Å². The highest BCUT2D eigenvalue weighted by molar-refractivity contribution is 5.62. The Morgan fingerprint density at radius 1 is 1.07 bits per heavy atom. The Morgan fingerprint density at radius 3 is 1.96 bits per heavy atom. The second-order valence-corrected chi connectivity index (χ2v) is 5.43. The summed E-state index contributed by atoms with van der Waals surface area (Å²) in [5, 5.41) is 27.1. The van der Waals surface area contributed by atoms with Crippen LogP contribution in [0.15, 0.2) is 54.1 Å². The first kappa shape index (κ1) is 24.3. The number of phenolic OH excluding ortho intramolecular Hbond substituents is 2. The van der Waals surface area contributed by atoms with Crippen LogP contribution in [-0.4, -0.2) is 31.2 Å². The van der Waals surface area contributed by atoms with E-state index in [-0.39, 0.29) is 5.75 Å². The minimum atomic E-state index is -0.0269. The average Bonchev–Trinajstić information content (AvgIpc) is 2.72. The molecule has 0 fully saturated rings. The highest BCUT2D eigenvalue weighted by Crippen LogP contribution is 2.37. The molecule has 2 rings (SSSR count). The number of allylic oxidation sites excluding steroid dienone is 3.